The second-order valence-corrected chi connectivity index (χ2v) is 5.87. The average molecular weight is 372 g/mol. The predicted molar refractivity (Wildman–Crippen MR) is 89.5 cm³/mol. The van der Waals surface area contributed by atoms with Crippen molar-refractivity contribution < 1.29 is 9.59 Å². The number of nitriles is 1. The summed E-state index contributed by atoms with van der Waals surface area (Å²) in [4.78, 5) is 23.9. The van der Waals surface area contributed by atoms with Crippen molar-refractivity contribution in [3.05, 3.63) is 69.7 Å². The van der Waals surface area contributed by atoms with Crippen LogP contribution in [0.5, 0.6) is 0 Å². The molecule has 0 aromatic heterocycles. The average Bonchev–Trinajstić information content (AvgIpc) is 2.54. The first-order valence-electron chi connectivity index (χ1n) is 6.84. The third-order valence-corrected chi connectivity index (χ3v) is 3.72. The molecule has 0 spiro atoms. The van der Waals surface area contributed by atoms with Gasteiger partial charge < -0.3 is 11.1 Å². The van der Waals surface area contributed by atoms with Crippen LogP contribution in [0.15, 0.2) is 53.0 Å². The van der Waals surface area contributed by atoms with Crippen molar-refractivity contribution in [3.63, 3.8) is 0 Å². The summed E-state index contributed by atoms with van der Waals surface area (Å²) in [7, 11) is 0. The first-order valence-corrected chi connectivity index (χ1v) is 7.63. The molecule has 6 heteroatoms. The van der Waals surface area contributed by atoms with Crippen LogP contribution in [-0.4, -0.2) is 17.9 Å². The Labute approximate surface area is 142 Å². The lowest BCUT2D eigenvalue weighted by atomic mass is 10.0. The summed E-state index contributed by atoms with van der Waals surface area (Å²) in [6.45, 7) is 0. The Morgan fingerprint density at radius 1 is 1.22 bits per heavy atom. The van der Waals surface area contributed by atoms with Gasteiger partial charge in [0.05, 0.1) is 11.6 Å². The number of hydrogen-bond donors (Lipinski definition) is 2. The number of nitrogens with one attached hydrogen (secondary N) is 1. The Balaban J connectivity index is 2.14. The maximum absolute atomic E-state index is 12.2. The normalized spacial score (nSPS) is 11.3. The minimum absolute atomic E-state index is 0.227. The third-order valence-electron chi connectivity index (χ3n) is 3.23. The van der Waals surface area contributed by atoms with E-state index in [4.69, 9.17) is 11.0 Å². The summed E-state index contributed by atoms with van der Waals surface area (Å²) < 4.78 is 0.766. The molecule has 1 atom stereocenters. The molecular weight excluding hydrogens is 358 g/mol. The van der Waals surface area contributed by atoms with Gasteiger partial charge in [-0.15, -0.1) is 0 Å². The van der Waals surface area contributed by atoms with Crippen molar-refractivity contribution in [2.75, 3.05) is 0 Å². The highest BCUT2D eigenvalue weighted by Gasteiger charge is 2.19. The SMILES string of the molecule is N#Cc1cccc(C[C@H](NC(=O)c2cccc(Br)c2)C(N)=O)c1. The van der Waals surface area contributed by atoms with E-state index in [1.54, 1.807) is 48.5 Å². The zero-order valence-electron chi connectivity index (χ0n) is 12.1. The molecule has 3 N–H and O–H groups in total. The molecule has 2 aromatic rings. The molecule has 0 saturated heterocycles. The van der Waals surface area contributed by atoms with Crippen molar-refractivity contribution in [1.82, 2.24) is 5.32 Å². The molecule has 116 valence electrons. The third kappa shape index (κ3) is 4.66. The molecule has 0 aliphatic rings. The van der Waals surface area contributed by atoms with E-state index in [1.807, 2.05) is 6.07 Å². The molecule has 0 bridgehead atoms. The fourth-order valence-corrected chi connectivity index (χ4v) is 2.50. The molecule has 0 unspecified atom stereocenters. The van der Waals surface area contributed by atoms with Crippen LogP contribution < -0.4 is 11.1 Å². The Morgan fingerprint density at radius 2 is 1.96 bits per heavy atom. The van der Waals surface area contributed by atoms with Crippen LogP contribution in [0, 0.1) is 11.3 Å². The zero-order chi connectivity index (χ0) is 16.8. The quantitative estimate of drug-likeness (QED) is 0.842. The second-order valence-electron chi connectivity index (χ2n) is 4.96. The first kappa shape index (κ1) is 16.7. The monoisotopic (exact) mass is 371 g/mol. The van der Waals surface area contributed by atoms with Crippen molar-refractivity contribution in [1.29, 1.82) is 5.26 Å². The molecule has 0 heterocycles. The largest absolute Gasteiger partial charge is 0.368 e. The van der Waals surface area contributed by atoms with Crippen LogP contribution in [0.3, 0.4) is 0 Å². The van der Waals surface area contributed by atoms with E-state index >= 15 is 0 Å². The molecule has 0 radical (unpaired) electrons. The van der Waals surface area contributed by atoms with Crippen molar-refractivity contribution in [3.8, 4) is 6.07 Å². The van der Waals surface area contributed by atoms with E-state index in [0.717, 1.165) is 10.0 Å². The van der Waals surface area contributed by atoms with Gasteiger partial charge in [0.1, 0.15) is 6.04 Å². The topological polar surface area (TPSA) is 96.0 Å². The number of halogens is 1. The number of benzene rings is 2. The highest BCUT2D eigenvalue weighted by molar-refractivity contribution is 9.10. The lowest BCUT2D eigenvalue weighted by Crippen LogP contribution is -2.45. The molecule has 2 amide bonds. The fraction of sp³-hybridized carbons (Fsp3) is 0.118. The van der Waals surface area contributed by atoms with Crippen molar-refractivity contribution in [2.45, 2.75) is 12.5 Å². The van der Waals surface area contributed by atoms with Crippen molar-refractivity contribution >= 4 is 27.7 Å². The summed E-state index contributed by atoms with van der Waals surface area (Å²) in [6.07, 6.45) is 0.227. The maximum atomic E-state index is 12.2. The summed E-state index contributed by atoms with van der Waals surface area (Å²) >= 11 is 3.29. The van der Waals surface area contributed by atoms with Gasteiger partial charge in [-0.05, 0) is 35.9 Å². The zero-order valence-corrected chi connectivity index (χ0v) is 13.7. The molecule has 5 nitrogen and oxygen atoms in total. The Hall–Kier alpha value is -2.65. The van der Waals surface area contributed by atoms with Crippen LogP contribution in [0.2, 0.25) is 0 Å². The number of amides is 2. The molecule has 2 aromatic carbocycles. The van der Waals surface area contributed by atoms with Gasteiger partial charge in [-0.25, -0.2) is 0 Å². The van der Waals surface area contributed by atoms with Crippen LogP contribution in [0.25, 0.3) is 0 Å². The first-order chi connectivity index (χ1) is 11.0. The number of nitrogens with two attached hydrogens (primary N) is 1. The van der Waals surface area contributed by atoms with E-state index in [0.29, 0.717) is 11.1 Å². The van der Waals surface area contributed by atoms with Gasteiger partial charge in [0.25, 0.3) is 5.91 Å². The number of carbonyl (C=O) groups is 2. The van der Waals surface area contributed by atoms with Gasteiger partial charge >= 0.3 is 0 Å². The molecule has 0 saturated carbocycles. The number of carbonyl (C=O) groups excluding carboxylic acids is 2. The van der Waals surface area contributed by atoms with Gasteiger partial charge in [0.2, 0.25) is 5.91 Å². The van der Waals surface area contributed by atoms with Crippen molar-refractivity contribution in [2.24, 2.45) is 5.73 Å². The number of nitrogens with zero attached hydrogens (tertiary/aromatic N) is 1. The molecule has 2 rings (SSSR count). The summed E-state index contributed by atoms with van der Waals surface area (Å²) in [5.74, 6) is -1.01. The van der Waals surface area contributed by atoms with E-state index in [2.05, 4.69) is 21.2 Å². The molecule has 0 aliphatic heterocycles. The number of hydrogen-bond acceptors (Lipinski definition) is 3. The Morgan fingerprint density at radius 3 is 2.61 bits per heavy atom. The number of primary amides is 1. The van der Waals surface area contributed by atoms with E-state index in [1.165, 1.54) is 0 Å². The van der Waals surface area contributed by atoms with Gasteiger partial charge in [0, 0.05) is 16.5 Å². The van der Waals surface area contributed by atoms with Gasteiger partial charge in [-0.1, -0.05) is 34.1 Å². The van der Waals surface area contributed by atoms with Gasteiger partial charge in [-0.3, -0.25) is 9.59 Å². The maximum Gasteiger partial charge on any atom is 0.251 e. The Kier molecular flexibility index (Phi) is 5.50. The van der Waals surface area contributed by atoms with E-state index in [9.17, 15) is 9.59 Å². The van der Waals surface area contributed by atoms with Crippen LogP contribution >= 0.6 is 15.9 Å². The molecule has 0 aliphatic carbocycles. The van der Waals surface area contributed by atoms with Crippen LogP contribution in [0.4, 0.5) is 0 Å². The summed E-state index contributed by atoms with van der Waals surface area (Å²) in [5, 5.41) is 11.5. The summed E-state index contributed by atoms with van der Waals surface area (Å²) in [6, 6.07) is 14.9. The van der Waals surface area contributed by atoms with Gasteiger partial charge in [-0.2, -0.15) is 5.26 Å². The fourth-order valence-electron chi connectivity index (χ4n) is 2.10. The minimum atomic E-state index is -0.851. The number of rotatable bonds is 5. The van der Waals surface area contributed by atoms with Crippen LogP contribution in [-0.2, 0) is 11.2 Å². The summed E-state index contributed by atoms with van der Waals surface area (Å²) in [5.41, 5.74) is 7.05. The molecule has 23 heavy (non-hydrogen) atoms. The second kappa shape index (κ2) is 7.56. The van der Waals surface area contributed by atoms with Gasteiger partial charge in [0.15, 0.2) is 0 Å². The highest BCUT2D eigenvalue weighted by Crippen LogP contribution is 2.12. The van der Waals surface area contributed by atoms with E-state index in [-0.39, 0.29) is 12.3 Å². The van der Waals surface area contributed by atoms with Crippen LogP contribution in [0.1, 0.15) is 21.5 Å². The molecular formula is C17H14BrN3O2. The minimum Gasteiger partial charge on any atom is -0.368 e. The predicted octanol–water partition coefficient (Wildman–Crippen LogP) is 2.15. The lowest BCUT2D eigenvalue weighted by Gasteiger charge is -2.16. The smallest absolute Gasteiger partial charge is 0.251 e. The highest BCUT2D eigenvalue weighted by atomic mass is 79.9. The molecule has 0 fully saturated rings. The Bertz CT molecular complexity index is 783. The standard InChI is InChI=1S/C17H14BrN3O2/c18-14-6-2-5-13(9-14)17(23)21-15(16(20)22)8-11-3-1-4-12(7-11)10-19/h1-7,9,15H,8H2,(H2,20,22)(H,21,23)/t15-/m0/s1. The van der Waals surface area contributed by atoms with E-state index < -0.39 is 11.9 Å². The lowest BCUT2D eigenvalue weighted by molar-refractivity contribution is -0.119.